The van der Waals surface area contributed by atoms with Gasteiger partial charge in [-0.25, -0.2) is 4.99 Å². The summed E-state index contributed by atoms with van der Waals surface area (Å²) >= 11 is 0. The van der Waals surface area contributed by atoms with Crippen LogP contribution in [0, 0.1) is 10.1 Å². The van der Waals surface area contributed by atoms with Crippen LogP contribution in [0.1, 0.15) is 0 Å². The van der Waals surface area contributed by atoms with Crippen LogP contribution < -0.4 is 0 Å². The van der Waals surface area contributed by atoms with Crippen molar-refractivity contribution in [3.05, 3.63) is 34.4 Å². The van der Waals surface area contributed by atoms with Gasteiger partial charge in [0.05, 0.1) is 11.3 Å². The molecule has 82 valence electrons. The highest BCUT2D eigenvalue weighted by Crippen LogP contribution is 2.25. The molecule has 1 aromatic carbocycles. The molecule has 0 spiro atoms. The van der Waals surface area contributed by atoms with Gasteiger partial charge in [0.15, 0.2) is 0 Å². The lowest BCUT2D eigenvalue weighted by Crippen LogP contribution is -2.07. The maximum Gasteiger partial charge on any atom is 0.294 e. The average Bonchev–Trinajstić information content (AvgIpc) is 2.15. The first-order valence-electron chi connectivity index (χ1n) is 4.05. The third-order valence-corrected chi connectivity index (χ3v) is 1.51. The largest absolute Gasteiger partial charge is 0.369 e. The second kappa shape index (κ2) is 5.98. The molecule has 5 nitrogen and oxygen atoms in total. The van der Waals surface area contributed by atoms with Crippen LogP contribution in [0.4, 0.5) is 11.4 Å². The van der Waals surface area contributed by atoms with E-state index in [-0.39, 0.29) is 18.1 Å². The van der Waals surface area contributed by atoms with Crippen molar-refractivity contribution in [2.45, 2.75) is 0 Å². The fraction of sp³-hybridized carbons (Fsp3) is 0.222. The molecule has 0 aliphatic rings. The van der Waals surface area contributed by atoms with E-state index in [1.54, 1.807) is 37.2 Å². The molecule has 6 heteroatoms. The van der Waals surface area contributed by atoms with E-state index in [0.717, 1.165) is 0 Å². The van der Waals surface area contributed by atoms with E-state index in [0.29, 0.717) is 5.69 Å². The Morgan fingerprint density at radius 3 is 2.53 bits per heavy atom. The van der Waals surface area contributed by atoms with Gasteiger partial charge in [-0.15, -0.1) is 12.4 Å². The van der Waals surface area contributed by atoms with Crippen molar-refractivity contribution in [2.75, 3.05) is 14.1 Å². The molecule has 0 amide bonds. The topological polar surface area (TPSA) is 58.7 Å². The molecule has 0 aliphatic carbocycles. The van der Waals surface area contributed by atoms with Crippen LogP contribution in [-0.2, 0) is 0 Å². The van der Waals surface area contributed by atoms with Gasteiger partial charge in [0.25, 0.3) is 5.69 Å². The zero-order valence-corrected chi connectivity index (χ0v) is 9.27. The van der Waals surface area contributed by atoms with Gasteiger partial charge in [0.1, 0.15) is 5.69 Å². The molecule has 0 saturated carbocycles. The fourth-order valence-electron chi connectivity index (χ4n) is 0.905. The van der Waals surface area contributed by atoms with Crippen molar-refractivity contribution < 1.29 is 4.92 Å². The number of para-hydroxylation sites is 2. The van der Waals surface area contributed by atoms with E-state index in [4.69, 9.17) is 0 Å². The molecule has 15 heavy (non-hydrogen) atoms. The molecule has 0 bridgehead atoms. The second-order valence-corrected chi connectivity index (χ2v) is 2.95. The first-order chi connectivity index (χ1) is 6.61. The van der Waals surface area contributed by atoms with Crippen molar-refractivity contribution in [2.24, 2.45) is 4.99 Å². The Kier molecular flexibility index (Phi) is 5.33. The molecule has 1 rings (SSSR count). The Morgan fingerprint density at radius 2 is 2.00 bits per heavy atom. The lowest BCUT2D eigenvalue weighted by atomic mass is 10.3. The van der Waals surface area contributed by atoms with E-state index in [9.17, 15) is 10.1 Å². The Bertz CT molecular complexity index is 366. The zero-order valence-electron chi connectivity index (χ0n) is 8.45. The van der Waals surface area contributed by atoms with Crippen LogP contribution in [0.2, 0.25) is 0 Å². The molecule has 0 atom stereocenters. The molecule has 0 saturated heterocycles. The minimum absolute atomic E-state index is 0. The van der Waals surface area contributed by atoms with Gasteiger partial charge in [0, 0.05) is 20.2 Å². The van der Waals surface area contributed by atoms with E-state index in [2.05, 4.69) is 4.99 Å². The van der Waals surface area contributed by atoms with Crippen LogP contribution in [0.15, 0.2) is 29.3 Å². The number of rotatable bonds is 3. The minimum atomic E-state index is -0.442. The van der Waals surface area contributed by atoms with Crippen LogP contribution in [0.25, 0.3) is 0 Å². The summed E-state index contributed by atoms with van der Waals surface area (Å²) in [6.07, 6.45) is 1.53. The quantitative estimate of drug-likeness (QED) is 0.346. The second-order valence-electron chi connectivity index (χ2n) is 2.95. The zero-order chi connectivity index (χ0) is 10.6. The predicted octanol–water partition coefficient (Wildman–Crippen LogP) is 2.24. The summed E-state index contributed by atoms with van der Waals surface area (Å²) in [6.45, 7) is 0. The first kappa shape index (κ1) is 13.4. The van der Waals surface area contributed by atoms with Gasteiger partial charge >= 0.3 is 0 Å². The van der Waals surface area contributed by atoms with Crippen LogP contribution >= 0.6 is 12.4 Å². The van der Waals surface area contributed by atoms with Crippen LogP contribution in [0.5, 0.6) is 0 Å². The standard InChI is InChI=1S/C9H11N3O2.ClH/c1-11(2)7-10-8-5-3-4-6-9(8)12(13)14;/h3-7H,1-2H3;1H. The molecule has 0 fully saturated rings. The number of aliphatic imine (C=N–C) groups is 1. The monoisotopic (exact) mass is 229 g/mol. The third-order valence-electron chi connectivity index (χ3n) is 1.51. The Morgan fingerprint density at radius 1 is 1.40 bits per heavy atom. The maximum atomic E-state index is 10.6. The van der Waals surface area contributed by atoms with Crippen LogP contribution in [0.3, 0.4) is 0 Å². The highest BCUT2D eigenvalue weighted by molar-refractivity contribution is 5.85. The molecule has 0 aromatic heterocycles. The highest BCUT2D eigenvalue weighted by Gasteiger charge is 2.10. The van der Waals surface area contributed by atoms with Crippen LogP contribution in [-0.4, -0.2) is 30.3 Å². The molecule has 0 unspecified atom stereocenters. The maximum absolute atomic E-state index is 10.6. The SMILES string of the molecule is CN(C)C=Nc1ccccc1[N+](=O)[O-].Cl. The van der Waals surface area contributed by atoms with Crippen molar-refractivity contribution >= 4 is 30.1 Å². The molecular formula is C9H12ClN3O2. The van der Waals surface area contributed by atoms with E-state index >= 15 is 0 Å². The molecule has 1 aromatic rings. The number of hydrogen-bond donors (Lipinski definition) is 0. The van der Waals surface area contributed by atoms with Gasteiger partial charge in [-0.05, 0) is 6.07 Å². The van der Waals surface area contributed by atoms with Gasteiger partial charge in [-0.2, -0.15) is 0 Å². The molecule has 0 radical (unpaired) electrons. The summed E-state index contributed by atoms with van der Waals surface area (Å²) in [5.74, 6) is 0. The van der Waals surface area contributed by atoms with Crippen molar-refractivity contribution in [3.8, 4) is 0 Å². The van der Waals surface area contributed by atoms with Gasteiger partial charge in [-0.3, -0.25) is 10.1 Å². The number of nitro groups is 1. The summed E-state index contributed by atoms with van der Waals surface area (Å²) in [7, 11) is 3.61. The lowest BCUT2D eigenvalue weighted by molar-refractivity contribution is -0.384. The van der Waals surface area contributed by atoms with Crippen molar-refractivity contribution in [1.29, 1.82) is 0 Å². The summed E-state index contributed by atoms with van der Waals surface area (Å²) in [5, 5.41) is 10.6. The van der Waals surface area contributed by atoms with E-state index in [1.807, 2.05) is 0 Å². The molecular weight excluding hydrogens is 218 g/mol. The molecule has 0 heterocycles. The summed E-state index contributed by atoms with van der Waals surface area (Å²) < 4.78 is 0. The predicted molar refractivity (Wildman–Crippen MR) is 62.2 cm³/mol. The number of nitro benzene ring substituents is 1. The van der Waals surface area contributed by atoms with Crippen molar-refractivity contribution in [1.82, 2.24) is 4.90 Å². The third kappa shape index (κ3) is 3.95. The average molecular weight is 230 g/mol. The highest BCUT2D eigenvalue weighted by atomic mass is 35.5. The normalized spacial score (nSPS) is 9.73. The van der Waals surface area contributed by atoms with Crippen molar-refractivity contribution in [3.63, 3.8) is 0 Å². The Hall–Kier alpha value is -1.62. The fourth-order valence-corrected chi connectivity index (χ4v) is 0.905. The van der Waals surface area contributed by atoms with Gasteiger partial charge in [-0.1, -0.05) is 12.1 Å². The number of halogens is 1. The number of benzene rings is 1. The summed E-state index contributed by atoms with van der Waals surface area (Å²) in [6, 6.07) is 6.38. The lowest BCUT2D eigenvalue weighted by Gasteiger charge is -2.02. The molecule has 0 aliphatic heterocycles. The number of hydrogen-bond acceptors (Lipinski definition) is 3. The minimum Gasteiger partial charge on any atom is -0.369 e. The Balaban J connectivity index is 0.00000196. The Labute approximate surface area is 94.0 Å². The van der Waals surface area contributed by atoms with E-state index < -0.39 is 4.92 Å². The van der Waals surface area contributed by atoms with E-state index in [1.165, 1.54) is 12.4 Å². The number of nitrogens with zero attached hydrogens (tertiary/aromatic N) is 3. The first-order valence-corrected chi connectivity index (χ1v) is 4.05. The van der Waals surface area contributed by atoms with Gasteiger partial charge < -0.3 is 4.90 Å². The summed E-state index contributed by atoms with van der Waals surface area (Å²) in [4.78, 5) is 15.8. The summed E-state index contributed by atoms with van der Waals surface area (Å²) in [5.41, 5.74) is 0.386. The molecule has 0 N–H and O–H groups in total. The smallest absolute Gasteiger partial charge is 0.294 e. The van der Waals surface area contributed by atoms with Gasteiger partial charge in [0.2, 0.25) is 0 Å².